The van der Waals surface area contributed by atoms with Crippen molar-refractivity contribution in [2.24, 2.45) is 0 Å². The molecule has 0 radical (unpaired) electrons. The summed E-state index contributed by atoms with van der Waals surface area (Å²) in [5.74, 6) is -0.0198. The molecule has 1 aliphatic carbocycles. The number of carboxylic acid groups (broad SMARTS) is 1. The van der Waals surface area contributed by atoms with Crippen molar-refractivity contribution in [1.82, 2.24) is 0 Å². The third-order valence-corrected chi connectivity index (χ3v) is 3.19. The predicted molar refractivity (Wildman–Crippen MR) is 70.4 cm³/mol. The summed E-state index contributed by atoms with van der Waals surface area (Å²) in [4.78, 5) is 10.5. The van der Waals surface area contributed by atoms with E-state index in [1.54, 1.807) is 0 Å². The molecule has 4 heteroatoms. The zero-order valence-electron chi connectivity index (χ0n) is 10.4. The molecule has 0 aliphatic heterocycles. The van der Waals surface area contributed by atoms with Crippen molar-refractivity contribution in [1.29, 1.82) is 0 Å². The van der Waals surface area contributed by atoms with Gasteiger partial charge in [-0.3, -0.25) is 4.79 Å². The lowest BCUT2D eigenvalue weighted by Crippen LogP contribution is -2.02. The van der Waals surface area contributed by atoms with Crippen LogP contribution in [0.4, 0.5) is 0 Å². The predicted octanol–water partition coefficient (Wildman–Crippen LogP) is 3.60. The van der Waals surface area contributed by atoms with Crippen molar-refractivity contribution >= 4 is 17.6 Å². The summed E-state index contributed by atoms with van der Waals surface area (Å²) in [5, 5.41) is 9.30. The Morgan fingerprint density at radius 2 is 2.22 bits per heavy atom. The fraction of sp³-hybridized carbons (Fsp3) is 0.500. The highest BCUT2D eigenvalue weighted by Crippen LogP contribution is 2.36. The van der Waals surface area contributed by atoms with Crippen LogP contribution in [0.25, 0.3) is 0 Å². The summed E-state index contributed by atoms with van der Waals surface area (Å²) in [7, 11) is 0. The van der Waals surface area contributed by atoms with E-state index in [0.29, 0.717) is 24.0 Å². The van der Waals surface area contributed by atoms with Gasteiger partial charge in [0.2, 0.25) is 0 Å². The summed E-state index contributed by atoms with van der Waals surface area (Å²) in [5.41, 5.74) is 2.10. The first kappa shape index (κ1) is 13.2. The van der Waals surface area contributed by atoms with E-state index in [0.717, 1.165) is 29.7 Å². The van der Waals surface area contributed by atoms with Crippen LogP contribution in [-0.4, -0.2) is 17.2 Å². The van der Waals surface area contributed by atoms with E-state index in [-0.39, 0.29) is 6.42 Å². The quantitative estimate of drug-likeness (QED) is 0.857. The van der Waals surface area contributed by atoms with Crippen molar-refractivity contribution in [3.05, 3.63) is 28.3 Å². The minimum Gasteiger partial charge on any atom is -0.489 e. The Morgan fingerprint density at radius 3 is 2.83 bits per heavy atom. The van der Waals surface area contributed by atoms with Crippen molar-refractivity contribution < 1.29 is 14.6 Å². The monoisotopic (exact) mass is 268 g/mol. The Morgan fingerprint density at radius 1 is 1.50 bits per heavy atom. The van der Waals surface area contributed by atoms with Crippen LogP contribution in [0.3, 0.4) is 0 Å². The van der Waals surface area contributed by atoms with Crippen LogP contribution in [-0.2, 0) is 11.2 Å². The van der Waals surface area contributed by atoms with Gasteiger partial charge in [0.15, 0.2) is 0 Å². The van der Waals surface area contributed by atoms with Gasteiger partial charge in [-0.2, -0.15) is 0 Å². The number of carbonyl (C=O) groups is 1. The molecule has 0 atom stereocenters. The van der Waals surface area contributed by atoms with Crippen LogP contribution in [0, 0.1) is 6.92 Å². The Balaban J connectivity index is 2.11. The molecule has 1 aromatic carbocycles. The number of halogens is 1. The molecule has 0 unspecified atom stereocenters. The van der Waals surface area contributed by atoms with Crippen molar-refractivity contribution in [2.45, 2.75) is 45.1 Å². The summed E-state index contributed by atoms with van der Waals surface area (Å²) in [6.07, 6.45) is 3.93. The first-order valence-corrected chi connectivity index (χ1v) is 6.61. The standard InChI is InChI=1S/C14H17ClO3/c1-9-7-10(3-2-4-13(16)17)14(12(15)8-9)18-11-5-6-11/h7-8,11H,2-6H2,1H3,(H,16,17). The number of ether oxygens (including phenoxy) is 1. The molecule has 0 saturated heterocycles. The second kappa shape index (κ2) is 5.61. The van der Waals surface area contributed by atoms with Crippen LogP contribution in [0.2, 0.25) is 5.02 Å². The molecule has 0 aromatic heterocycles. The maximum atomic E-state index is 10.5. The highest BCUT2D eigenvalue weighted by atomic mass is 35.5. The van der Waals surface area contributed by atoms with Crippen LogP contribution in [0.1, 0.15) is 36.8 Å². The third kappa shape index (κ3) is 3.64. The minimum absolute atomic E-state index is 0.175. The lowest BCUT2D eigenvalue weighted by molar-refractivity contribution is -0.137. The second-order valence-corrected chi connectivity index (χ2v) is 5.21. The van der Waals surface area contributed by atoms with E-state index < -0.39 is 5.97 Å². The Bertz CT molecular complexity index is 453. The maximum Gasteiger partial charge on any atom is 0.303 e. The molecule has 1 aliphatic rings. The summed E-state index contributed by atoms with van der Waals surface area (Å²) in [6.45, 7) is 1.98. The van der Waals surface area contributed by atoms with Crippen LogP contribution >= 0.6 is 11.6 Å². The van der Waals surface area contributed by atoms with Gasteiger partial charge in [0.25, 0.3) is 0 Å². The lowest BCUT2D eigenvalue weighted by Gasteiger charge is -2.13. The molecule has 2 rings (SSSR count). The average molecular weight is 269 g/mol. The lowest BCUT2D eigenvalue weighted by atomic mass is 10.0. The van der Waals surface area contributed by atoms with Gasteiger partial charge in [-0.1, -0.05) is 17.7 Å². The molecule has 0 heterocycles. The Kier molecular flexibility index (Phi) is 4.12. The van der Waals surface area contributed by atoms with Crippen molar-refractivity contribution in [3.8, 4) is 5.75 Å². The molecule has 3 nitrogen and oxygen atoms in total. The van der Waals surface area contributed by atoms with E-state index in [1.807, 2.05) is 19.1 Å². The zero-order chi connectivity index (χ0) is 13.1. The van der Waals surface area contributed by atoms with E-state index in [4.69, 9.17) is 21.4 Å². The summed E-state index contributed by atoms with van der Waals surface area (Å²) in [6, 6.07) is 3.92. The van der Waals surface area contributed by atoms with Crippen LogP contribution in [0.15, 0.2) is 12.1 Å². The van der Waals surface area contributed by atoms with Gasteiger partial charge in [0.1, 0.15) is 5.75 Å². The number of carboxylic acids is 1. The topological polar surface area (TPSA) is 46.5 Å². The van der Waals surface area contributed by atoms with Gasteiger partial charge in [-0.25, -0.2) is 0 Å². The number of rotatable bonds is 6. The smallest absolute Gasteiger partial charge is 0.303 e. The molecule has 18 heavy (non-hydrogen) atoms. The van der Waals surface area contributed by atoms with Gasteiger partial charge in [-0.05, 0) is 49.8 Å². The van der Waals surface area contributed by atoms with E-state index >= 15 is 0 Å². The SMILES string of the molecule is Cc1cc(Cl)c(OC2CC2)c(CCCC(=O)O)c1. The molecular formula is C14H17ClO3. The molecule has 1 fully saturated rings. The molecule has 98 valence electrons. The van der Waals surface area contributed by atoms with E-state index in [9.17, 15) is 4.79 Å². The Labute approximate surface area is 112 Å². The maximum absolute atomic E-state index is 10.5. The average Bonchev–Trinajstić information content (AvgIpc) is 3.06. The first-order chi connectivity index (χ1) is 8.56. The number of aliphatic carboxylic acids is 1. The summed E-state index contributed by atoms with van der Waals surface area (Å²) < 4.78 is 5.82. The molecule has 1 saturated carbocycles. The van der Waals surface area contributed by atoms with Crippen LogP contribution in [0.5, 0.6) is 5.75 Å². The van der Waals surface area contributed by atoms with E-state index in [2.05, 4.69) is 0 Å². The minimum atomic E-state index is -0.765. The van der Waals surface area contributed by atoms with Crippen molar-refractivity contribution in [3.63, 3.8) is 0 Å². The molecular weight excluding hydrogens is 252 g/mol. The Hall–Kier alpha value is -1.22. The van der Waals surface area contributed by atoms with Gasteiger partial charge in [-0.15, -0.1) is 0 Å². The van der Waals surface area contributed by atoms with E-state index in [1.165, 1.54) is 0 Å². The second-order valence-electron chi connectivity index (χ2n) is 4.80. The highest BCUT2D eigenvalue weighted by Gasteiger charge is 2.25. The fourth-order valence-corrected chi connectivity index (χ4v) is 2.24. The summed E-state index contributed by atoms with van der Waals surface area (Å²) >= 11 is 6.21. The zero-order valence-corrected chi connectivity index (χ0v) is 11.2. The normalized spacial score (nSPS) is 14.6. The largest absolute Gasteiger partial charge is 0.489 e. The number of benzene rings is 1. The van der Waals surface area contributed by atoms with Crippen LogP contribution < -0.4 is 4.74 Å². The van der Waals surface area contributed by atoms with Gasteiger partial charge >= 0.3 is 5.97 Å². The van der Waals surface area contributed by atoms with Gasteiger partial charge in [0, 0.05) is 6.42 Å². The number of aryl methyl sites for hydroxylation is 2. The molecule has 1 N–H and O–H groups in total. The number of hydrogen-bond acceptors (Lipinski definition) is 2. The van der Waals surface area contributed by atoms with Gasteiger partial charge < -0.3 is 9.84 Å². The molecule has 0 bridgehead atoms. The molecule has 0 spiro atoms. The third-order valence-electron chi connectivity index (χ3n) is 2.91. The number of hydrogen-bond donors (Lipinski definition) is 1. The van der Waals surface area contributed by atoms with Gasteiger partial charge in [0.05, 0.1) is 11.1 Å². The molecule has 0 amide bonds. The first-order valence-electron chi connectivity index (χ1n) is 6.23. The fourth-order valence-electron chi connectivity index (χ4n) is 1.90. The molecule has 1 aromatic rings. The van der Waals surface area contributed by atoms with Crippen molar-refractivity contribution in [2.75, 3.05) is 0 Å². The highest BCUT2D eigenvalue weighted by molar-refractivity contribution is 6.32.